The molecule has 0 aliphatic rings. The Kier molecular flexibility index (Phi) is 2.80. The van der Waals surface area contributed by atoms with E-state index in [1.165, 1.54) is 16.9 Å². The second kappa shape index (κ2) is 4.46. The molecule has 0 saturated carbocycles. The first-order valence-corrected chi connectivity index (χ1v) is 6.73. The minimum absolute atomic E-state index is 0.812. The van der Waals surface area contributed by atoms with Gasteiger partial charge < -0.3 is 0 Å². The molecule has 3 aromatic rings. The summed E-state index contributed by atoms with van der Waals surface area (Å²) in [7, 11) is 1.68. The monoisotopic (exact) mass is 301 g/mol. The van der Waals surface area contributed by atoms with E-state index in [0.717, 1.165) is 32.7 Å². The molecule has 0 amide bonds. The molecule has 90 valence electrons. The second-order valence-electron chi connectivity index (χ2n) is 3.91. The van der Waals surface area contributed by atoms with Crippen molar-refractivity contribution >= 4 is 32.4 Å². The molecule has 2 heterocycles. The van der Waals surface area contributed by atoms with E-state index in [-0.39, 0.29) is 0 Å². The quantitative estimate of drug-likeness (QED) is 0.715. The van der Waals surface area contributed by atoms with Gasteiger partial charge in [0.15, 0.2) is 0 Å². The number of ether oxygens (including phenoxy) is 1. The molecule has 5 heteroatoms. The van der Waals surface area contributed by atoms with Crippen molar-refractivity contribution in [3.63, 3.8) is 0 Å². The summed E-state index contributed by atoms with van der Waals surface area (Å²) in [6.07, 6.45) is 1.76. The summed E-state index contributed by atoms with van der Waals surface area (Å²) in [5.41, 5.74) is 2.74. The number of H-pyrrole nitrogens is 1. The van der Waals surface area contributed by atoms with E-state index in [0.29, 0.717) is 0 Å². The van der Waals surface area contributed by atoms with Gasteiger partial charge in [-0.2, -0.15) is 0 Å². The molecule has 2 aromatic heterocycles. The Morgan fingerprint density at radius 3 is 2.89 bits per heavy atom. The summed E-state index contributed by atoms with van der Waals surface area (Å²) >= 11 is 1.53. The Morgan fingerprint density at radius 1 is 1.28 bits per heavy atom. The average Bonchev–Trinajstić information content (AvgIpc) is 2.82. The molecule has 1 atom stereocenters. The molecule has 1 N–H and O–H groups in total. The van der Waals surface area contributed by atoms with Crippen LogP contribution in [0.3, 0.4) is 0 Å². The zero-order valence-electron chi connectivity index (χ0n) is 9.84. The van der Waals surface area contributed by atoms with E-state index in [1.807, 2.05) is 24.3 Å². The number of hydrogen-bond donors (Lipinski definition) is 1. The molecule has 0 spiro atoms. The van der Waals surface area contributed by atoms with Gasteiger partial charge in [-0.15, -0.1) is 0 Å². The molecule has 4 nitrogen and oxygen atoms in total. The Balaban J connectivity index is 2.11. The van der Waals surface area contributed by atoms with Crippen LogP contribution in [-0.4, -0.2) is 38.9 Å². The second-order valence-corrected chi connectivity index (χ2v) is 5.22. The number of benzene rings is 1. The van der Waals surface area contributed by atoms with Gasteiger partial charge in [0.1, 0.15) is 0 Å². The van der Waals surface area contributed by atoms with Gasteiger partial charge in [-0.25, -0.2) is 0 Å². The van der Waals surface area contributed by atoms with Crippen molar-refractivity contribution in [2.75, 3.05) is 7.11 Å². The van der Waals surface area contributed by atoms with Crippen molar-refractivity contribution in [2.24, 2.45) is 0 Å². The predicted molar refractivity (Wildman–Crippen MR) is 74.1 cm³/mol. The first kappa shape index (κ1) is 11.3. The van der Waals surface area contributed by atoms with Crippen molar-refractivity contribution in [2.45, 2.75) is 0 Å². The van der Waals surface area contributed by atoms with Gasteiger partial charge in [0.25, 0.3) is 0 Å². The van der Waals surface area contributed by atoms with Crippen LogP contribution in [-0.2, 0) is 0 Å². The molecule has 0 bridgehead atoms. The van der Waals surface area contributed by atoms with E-state index < -0.39 is 0 Å². The molecule has 3 rings (SSSR count). The number of imidazole rings is 1. The molecule has 1 aromatic carbocycles. The maximum absolute atomic E-state index is 5.27. The summed E-state index contributed by atoms with van der Waals surface area (Å²) < 4.78 is 6.42. The van der Waals surface area contributed by atoms with Gasteiger partial charge in [0.05, 0.1) is 0 Å². The number of hydrogen-bond acceptors (Lipinski definition) is 3. The molecular weight excluding hydrogens is 289 g/mol. The summed E-state index contributed by atoms with van der Waals surface area (Å²) in [6, 6.07) is 9.88. The van der Waals surface area contributed by atoms with E-state index in [2.05, 4.69) is 21.0 Å². The van der Waals surface area contributed by atoms with Crippen molar-refractivity contribution < 1.29 is 4.74 Å². The normalized spacial score (nSPS) is 10.8. The molecule has 18 heavy (non-hydrogen) atoms. The number of methoxy groups -OCH3 is 1. The molecule has 0 fully saturated rings. The number of aromatic nitrogens is 3. The fourth-order valence-electron chi connectivity index (χ4n) is 1.86. The Morgan fingerprint density at radius 2 is 2.17 bits per heavy atom. The van der Waals surface area contributed by atoms with Gasteiger partial charge in [-0.1, -0.05) is 0 Å². The third-order valence-electron chi connectivity index (χ3n) is 2.76. The average molecular weight is 301 g/mol. The zero-order valence-corrected chi connectivity index (χ0v) is 12.3. The van der Waals surface area contributed by atoms with Crippen molar-refractivity contribution in [1.82, 2.24) is 15.0 Å². The third kappa shape index (κ3) is 1.89. The third-order valence-corrected chi connectivity index (χ3v) is 3.71. The number of aromatic amines is 1. The Labute approximate surface area is 113 Å². The van der Waals surface area contributed by atoms with E-state index in [9.17, 15) is 0 Å². The molecule has 0 aliphatic carbocycles. The van der Waals surface area contributed by atoms with Crippen LogP contribution in [0, 0.1) is 0 Å². The SMILES string of the molecule is COc1ccc(-c2nc3cccnc3[nH]2)cc1[AsH2]. The number of rotatable bonds is 2. The van der Waals surface area contributed by atoms with E-state index in [4.69, 9.17) is 4.74 Å². The van der Waals surface area contributed by atoms with Crippen molar-refractivity contribution in [3.05, 3.63) is 36.5 Å². The summed E-state index contributed by atoms with van der Waals surface area (Å²) in [6.45, 7) is 0. The van der Waals surface area contributed by atoms with Crippen LogP contribution in [0.5, 0.6) is 5.75 Å². The fraction of sp³-hybridized carbons (Fsp3) is 0.0769. The van der Waals surface area contributed by atoms with E-state index in [1.54, 1.807) is 13.3 Å². The number of nitrogens with one attached hydrogen (secondary N) is 1. The van der Waals surface area contributed by atoms with Gasteiger partial charge in [0.2, 0.25) is 0 Å². The standard InChI is InChI=1S/C13H12AsN3O/c1-18-11-5-4-8(7-9(11)14)12-16-10-3-2-6-15-13(10)17-12/h2-7H,14H2,1H3,(H,15,16,17). The van der Waals surface area contributed by atoms with Crippen molar-refractivity contribution in [1.29, 1.82) is 0 Å². The van der Waals surface area contributed by atoms with Crippen molar-refractivity contribution in [3.8, 4) is 17.1 Å². The number of fused-ring (bicyclic) bond motifs is 1. The Bertz CT molecular complexity index is 675. The summed E-state index contributed by atoms with van der Waals surface area (Å²) in [5, 5.41) is 0. The summed E-state index contributed by atoms with van der Waals surface area (Å²) in [4.78, 5) is 12.0. The van der Waals surface area contributed by atoms with Crippen LogP contribution in [0.2, 0.25) is 0 Å². The van der Waals surface area contributed by atoms with Gasteiger partial charge in [0, 0.05) is 0 Å². The number of pyridine rings is 1. The molecular formula is C13H12AsN3O. The predicted octanol–water partition coefficient (Wildman–Crippen LogP) is 0.892. The van der Waals surface area contributed by atoms with Crippen LogP contribution in [0.1, 0.15) is 0 Å². The zero-order chi connectivity index (χ0) is 12.5. The van der Waals surface area contributed by atoms with Gasteiger partial charge >= 0.3 is 113 Å². The molecule has 0 radical (unpaired) electrons. The Hall–Kier alpha value is -1.80. The topological polar surface area (TPSA) is 50.8 Å². The van der Waals surface area contributed by atoms with Gasteiger partial charge in [-0.3, -0.25) is 0 Å². The van der Waals surface area contributed by atoms with Crippen LogP contribution in [0.15, 0.2) is 36.5 Å². The minimum atomic E-state index is 0.812. The maximum atomic E-state index is 5.27. The van der Waals surface area contributed by atoms with E-state index >= 15 is 0 Å². The van der Waals surface area contributed by atoms with Gasteiger partial charge in [-0.05, 0) is 0 Å². The number of nitrogens with zero attached hydrogens (tertiary/aromatic N) is 2. The van der Waals surface area contributed by atoms with Crippen LogP contribution < -0.4 is 9.09 Å². The first-order chi connectivity index (χ1) is 8.78. The van der Waals surface area contributed by atoms with Crippen LogP contribution in [0.25, 0.3) is 22.6 Å². The molecule has 0 saturated heterocycles. The van der Waals surface area contributed by atoms with Crippen LogP contribution in [0.4, 0.5) is 0 Å². The fourth-order valence-corrected chi connectivity index (χ4v) is 2.69. The molecule has 0 aliphatic heterocycles. The molecule has 1 unspecified atom stereocenters. The summed E-state index contributed by atoms with van der Waals surface area (Å²) in [5.74, 6) is 1.75. The first-order valence-electron chi connectivity index (χ1n) is 5.52. The van der Waals surface area contributed by atoms with Crippen LogP contribution >= 0.6 is 0 Å².